The number of para-hydroxylation sites is 4. The third kappa shape index (κ3) is 10.1. The minimum absolute atomic E-state index is 0.00177. The molecule has 2 aliphatic carbocycles. The SMILES string of the molecule is [2H]c1c([2H])c2c(c([2H])c1-c1cccc(-c3c([2H])c([2H])c4c(c3[2H])C(C([2H])([2H])[2H])(C([2H])([2H])[2H])C([2H])([2H])C([2H])([2H])C4(C([2H])([2H])[2H])C([2H])([2H])[2H])c1-[n+]1[c-]n(-c3cccc(Oc4ccc5c6ccccc6n(-c6cc(C([2H])([2H])[2H])c(-c7cccc([Si](c8ccccc8)(c8ccccc8)c8ccccc8)c7)cn6)c5c4)c3)c3ccccc31)C(C([2H])([2H])[2H])(C([2H])([2H])[2H])C([2H])([2H])C([2H])([2H])C2(C([2H])([2H])[2H])C([2H])([2H])[2H]. The normalized spacial score (nSPS) is 25.0. The van der Waals surface area contributed by atoms with Gasteiger partial charge in [-0.3, -0.25) is 13.7 Å². The number of ether oxygens (including phenoxy) is 1. The van der Waals surface area contributed by atoms with Gasteiger partial charge in [-0.05, 0) is 173 Å². The molecule has 0 atom stereocenters. The standard InChI is InChI=1S/C89H80N4OSi/c1-60-52-84(90-58-75(60)61-26-23-35-70(53-61)95(67-29-13-10-14-30-67,68-31-15-11-16-32-68)69-33-17-12-18-34-69)93-80-39-20-19-36-73(80)74-45-44-66(57-83(74)93)94-65-28-24-27-64(56-65)91-59-92(82-41-22-21-40-81(82)91)85-71(62-42-46-76-78(54-62)88(6,7)50-48-86(76,2)3)37-25-38-72(85)63-43-47-77-79(55-63)89(8,9)51-49-87(77,4)5/h10-47,52-58H,48-51H2,1-9H3/i1D3,2D3,3D3,4D3,5D3,6D3,7D3,8D3,9D3,42D,43D,46D,47D,48D2,49D2,50D2,51D2,54D,55D. The molecular formula is C89H80N4OSi. The lowest BCUT2D eigenvalue weighted by Gasteiger charge is -2.42. The molecule has 0 N–H and O–H groups in total. The maximum atomic E-state index is 10.5. The molecule has 0 radical (unpaired) electrons. The monoisotopic (exact) mass is 1290 g/mol. The van der Waals surface area contributed by atoms with Crippen LogP contribution in [0.5, 0.6) is 11.5 Å². The van der Waals surface area contributed by atoms with E-state index in [1.165, 1.54) is 59.2 Å². The number of pyridine rings is 1. The molecule has 95 heavy (non-hydrogen) atoms. The topological polar surface area (TPSA) is 35.9 Å². The molecule has 0 saturated carbocycles. The molecule has 0 bridgehead atoms. The van der Waals surface area contributed by atoms with Gasteiger partial charge in [-0.2, -0.15) is 0 Å². The second kappa shape index (κ2) is 22.8. The Morgan fingerprint density at radius 1 is 0.463 bits per heavy atom. The van der Waals surface area contributed by atoms with E-state index in [1.54, 1.807) is 35.0 Å². The molecule has 0 fully saturated rings. The van der Waals surface area contributed by atoms with Gasteiger partial charge in [-0.15, -0.1) is 0 Å². The molecular weight excluding hydrogens is 1170 g/mol. The van der Waals surface area contributed by atoms with Gasteiger partial charge < -0.3 is 4.74 Å². The van der Waals surface area contributed by atoms with Crippen LogP contribution in [0.1, 0.15) is 164 Å². The number of nitrogens with zero attached hydrogens (tertiary/aromatic N) is 4. The Labute approximate surface area is 618 Å². The molecule has 0 aliphatic heterocycles. The van der Waals surface area contributed by atoms with Crippen LogP contribution in [0.2, 0.25) is 0 Å². The third-order valence-electron chi connectivity index (χ3n) is 17.7. The smallest absolute Gasteiger partial charge is 0.269 e. The molecule has 16 rings (SSSR count). The van der Waals surface area contributed by atoms with E-state index in [4.69, 9.17) is 42.6 Å². The molecule has 0 saturated heterocycles. The second-order valence-corrected chi connectivity index (χ2v) is 27.4. The van der Waals surface area contributed by atoms with Gasteiger partial charge in [0.15, 0.2) is 8.07 Å². The van der Waals surface area contributed by atoms with Crippen LogP contribution in [0.3, 0.4) is 0 Å². The van der Waals surface area contributed by atoms with E-state index in [0.717, 1.165) is 48.9 Å². The number of hydrogen-bond acceptors (Lipinski definition) is 2. The number of aromatic nitrogens is 4. The molecule has 0 unspecified atom stereocenters. The van der Waals surface area contributed by atoms with Crippen molar-refractivity contribution in [2.75, 3.05) is 0 Å². The molecule has 3 heterocycles. The maximum absolute atomic E-state index is 10.5. The number of imidazole rings is 1. The lowest BCUT2D eigenvalue weighted by atomic mass is 9.62. The van der Waals surface area contributed by atoms with Crippen molar-refractivity contribution in [1.82, 2.24) is 14.1 Å². The van der Waals surface area contributed by atoms with E-state index >= 15 is 0 Å². The van der Waals surface area contributed by atoms with Crippen LogP contribution < -0.4 is 30.1 Å². The average molecular weight is 1290 g/mol. The highest BCUT2D eigenvalue weighted by Crippen LogP contribution is 2.50. The van der Waals surface area contributed by atoms with Crippen molar-refractivity contribution < 1.29 is 65.5 Å². The van der Waals surface area contributed by atoms with Crippen LogP contribution in [-0.4, -0.2) is 22.2 Å². The first kappa shape index (κ1) is 30.1. The molecule has 0 spiro atoms. The van der Waals surface area contributed by atoms with Gasteiger partial charge in [0, 0.05) is 76.6 Å². The Bertz CT molecular complexity index is 6820. The molecule has 11 aromatic carbocycles. The van der Waals surface area contributed by atoms with E-state index < -0.39 is 203 Å². The second-order valence-electron chi connectivity index (χ2n) is 23.6. The van der Waals surface area contributed by atoms with Crippen LogP contribution in [0, 0.1) is 13.2 Å². The quantitative estimate of drug-likeness (QED) is 0.0529. The number of benzene rings is 11. The van der Waals surface area contributed by atoms with Gasteiger partial charge in [-0.25, -0.2) is 4.98 Å². The number of aryl methyl sites for hydroxylation is 1. The predicted molar refractivity (Wildman–Crippen MR) is 398 cm³/mol. The summed E-state index contributed by atoms with van der Waals surface area (Å²) >= 11 is 0. The largest absolute Gasteiger partial charge is 0.458 e. The van der Waals surface area contributed by atoms with Crippen LogP contribution in [0.25, 0.3) is 83.4 Å². The van der Waals surface area contributed by atoms with E-state index in [9.17, 15) is 23.3 Å². The minimum atomic E-state index is -4.88. The molecule has 0 amide bonds. The zero-order valence-electron chi connectivity index (χ0n) is 91.2. The predicted octanol–water partition coefficient (Wildman–Crippen LogP) is 19.4. The van der Waals surface area contributed by atoms with Crippen molar-refractivity contribution in [3.63, 3.8) is 0 Å². The Morgan fingerprint density at radius 3 is 1.60 bits per heavy atom. The molecule has 2 aliphatic rings. The Balaban J connectivity index is 0.939. The van der Waals surface area contributed by atoms with Crippen LogP contribution in [0.15, 0.2) is 273 Å². The molecule has 466 valence electrons. The summed E-state index contributed by atoms with van der Waals surface area (Å²) in [5.41, 5.74) is -30.2. The first-order chi connectivity index (χ1) is 62.8. The van der Waals surface area contributed by atoms with Crippen molar-refractivity contribution in [1.29, 1.82) is 0 Å². The number of rotatable bonds is 12. The highest BCUT2D eigenvalue weighted by atomic mass is 28.3. The van der Waals surface area contributed by atoms with E-state index in [2.05, 4.69) is 48.8 Å². The van der Waals surface area contributed by atoms with Crippen molar-refractivity contribution >= 4 is 61.7 Å². The number of fused-ring (bicyclic) bond motifs is 6. The van der Waals surface area contributed by atoms with Gasteiger partial charge in [0.2, 0.25) is 0 Å². The lowest BCUT2D eigenvalue weighted by molar-refractivity contribution is -0.571. The molecule has 14 aromatic rings. The van der Waals surface area contributed by atoms with E-state index in [-0.39, 0.29) is 39.6 Å². The fraction of sp³-hybridized carbons (Fsp3) is 0.191. The highest BCUT2D eigenvalue weighted by Gasteiger charge is 2.42. The van der Waals surface area contributed by atoms with Gasteiger partial charge >= 0.3 is 0 Å². The van der Waals surface area contributed by atoms with Crippen LogP contribution in [0.4, 0.5) is 0 Å². The molecule has 6 heteroatoms. The first-order valence-corrected chi connectivity index (χ1v) is 32.3. The molecule has 3 aromatic heterocycles. The zero-order chi connectivity index (χ0) is 99.9. The van der Waals surface area contributed by atoms with Crippen molar-refractivity contribution in [2.24, 2.45) is 0 Å². The van der Waals surface area contributed by atoms with Crippen molar-refractivity contribution in [3.05, 3.63) is 307 Å². The van der Waals surface area contributed by atoms with Gasteiger partial charge in [0.05, 0.1) is 41.7 Å². The summed E-state index contributed by atoms with van der Waals surface area (Å²) in [7, 11) is -3.16. The fourth-order valence-electron chi connectivity index (χ4n) is 13.3. The van der Waals surface area contributed by atoms with E-state index in [0.29, 0.717) is 27.5 Å². The fourth-order valence-corrected chi connectivity index (χ4v) is 18.1. The summed E-state index contributed by atoms with van der Waals surface area (Å²) in [5.74, 6) is 0.397. The summed E-state index contributed by atoms with van der Waals surface area (Å²) in [6, 6.07) is 56.1. The zero-order valence-corrected chi connectivity index (χ0v) is 51.2. The van der Waals surface area contributed by atoms with Crippen molar-refractivity contribution in [2.45, 2.75) is 109 Å². The Hall–Kier alpha value is -10.1. The lowest BCUT2D eigenvalue weighted by Crippen LogP contribution is -2.74. The van der Waals surface area contributed by atoms with Crippen LogP contribution in [-0.2, 0) is 21.7 Å². The number of hydrogen-bond donors (Lipinski definition) is 0. The maximum Gasteiger partial charge on any atom is 0.269 e. The van der Waals surface area contributed by atoms with Crippen LogP contribution >= 0.6 is 0 Å². The summed E-state index contributed by atoms with van der Waals surface area (Å²) in [5, 5.41) is 5.60. The van der Waals surface area contributed by atoms with Gasteiger partial charge in [0.1, 0.15) is 17.3 Å². The summed E-state index contributed by atoms with van der Waals surface area (Å²) < 4.78 is 394. The summed E-state index contributed by atoms with van der Waals surface area (Å²) in [6.07, 6.45) is -14.8. The summed E-state index contributed by atoms with van der Waals surface area (Å²) in [6.45, 7) is -39.4. The Kier molecular flexibility index (Phi) is 7.22. The van der Waals surface area contributed by atoms with E-state index in [1.807, 2.05) is 91.0 Å². The highest BCUT2D eigenvalue weighted by molar-refractivity contribution is 7.19. The first-order valence-electron chi connectivity index (χ1n) is 50.8. The third-order valence-corrected chi connectivity index (χ3v) is 22.4. The van der Waals surface area contributed by atoms with Crippen molar-refractivity contribution in [3.8, 4) is 62.1 Å². The molecule has 5 nitrogen and oxygen atoms in total. The van der Waals surface area contributed by atoms with Gasteiger partial charge in [-0.1, -0.05) is 273 Å². The van der Waals surface area contributed by atoms with Gasteiger partial charge in [0.25, 0.3) is 6.33 Å². The minimum Gasteiger partial charge on any atom is -0.458 e. The Morgan fingerprint density at radius 2 is 0.989 bits per heavy atom. The average Bonchev–Trinajstić information content (AvgIpc) is 0.654. The summed E-state index contributed by atoms with van der Waals surface area (Å²) in [4.78, 5) is 5.07.